The molecule has 2 unspecified atom stereocenters. The Bertz CT molecular complexity index is 1210. The van der Waals surface area contributed by atoms with Gasteiger partial charge in [-0.1, -0.05) is 73.2 Å². The zero-order valence-corrected chi connectivity index (χ0v) is 21.3. The van der Waals surface area contributed by atoms with Crippen LogP contribution in [0.15, 0.2) is 91.0 Å². The van der Waals surface area contributed by atoms with Crippen LogP contribution < -0.4 is 9.47 Å². The molecule has 0 spiro atoms. The number of hydrogen-bond acceptors (Lipinski definition) is 3. The number of nitrogens with zero attached hydrogens (tertiary/aromatic N) is 1. The molecule has 2 atom stereocenters. The number of ether oxygens (including phenoxy) is 2. The van der Waals surface area contributed by atoms with E-state index in [0.717, 1.165) is 24.6 Å². The molecule has 0 amide bonds. The van der Waals surface area contributed by atoms with Crippen molar-refractivity contribution >= 4 is 23.2 Å². The minimum atomic E-state index is 0. The second kappa shape index (κ2) is 11.6. The van der Waals surface area contributed by atoms with Gasteiger partial charge in [-0.25, -0.2) is 0 Å². The first-order chi connectivity index (χ1) is 16.7. The molecular weight excluding hydrogens is 454 g/mol. The summed E-state index contributed by atoms with van der Waals surface area (Å²) in [6, 6.07) is 32.3. The summed E-state index contributed by atoms with van der Waals surface area (Å²) in [6.45, 7) is 4.41. The molecule has 0 saturated carbocycles. The highest BCUT2D eigenvalue weighted by molar-refractivity contribution is 5.87. The Morgan fingerprint density at radius 2 is 1.29 bits per heavy atom. The van der Waals surface area contributed by atoms with E-state index in [0.29, 0.717) is 0 Å². The van der Waals surface area contributed by atoms with E-state index in [1.54, 1.807) is 7.11 Å². The molecule has 4 aromatic carbocycles. The van der Waals surface area contributed by atoms with Gasteiger partial charge in [0.15, 0.2) is 0 Å². The molecule has 0 aliphatic carbocycles. The third-order valence-electron chi connectivity index (χ3n) is 7.01. The van der Waals surface area contributed by atoms with Crippen LogP contribution in [0.3, 0.4) is 0 Å². The van der Waals surface area contributed by atoms with Gasteiger partial charge < -0.3 is 9.47 Å². The number of hydrogen-bond donors (Lipinski definition) is 0. The highest BCUT2D eigenvalue weighted by atomic mass is 35.5. The zero-order valence-electron chi connectivity index (χ0n) is 20.5. The van der Waals surface area contributed by atoms with E-state index in [9.17, 15) is 0 Å². The van der Waals surface area contributed by atoms with Gasteiger partial charge in [0.2, 0.25) is 0 Å². The maximum Gasteiger partial charge on any atom is 0.149 e. The monoisotopic (exact) mass is 487 g/mol. The third-order valence-corrected chi connectivity index (χ3v) is 7.01. The first-order valence-electron chi connectivity index (χ1n) is 12.4. The highest BCUT2D eigenvalue weighted by Crippen LogP contribution is 2.37. The largest absolute Gasteiger partial charge is 0.497 e. The topological polar surface area (TPSA) is 21.7 Å². The van der Waals surface area contributed by atoms with Crippen molar-refractivity contribution in [1.29, 1.82) is 0 Å². The Hall–Kier alpha value is -3.01. The summed E-state index contributed by atoms with van der Waals surface area (Å²) in [7, 11) is 1.71. The van der Waals surface area contributed by atoms with E-state index in [4.69, 9.17) is 9.47 Å². The Morgan fingerprint density at radius 1 is 0.686 bits per heavy atom. The molecule has 1 aliphatic heterocycles. The second-order valence-electron chi connectivity index (χ2n) is 9.16. The summed E-state index contributed by atoms with van der Waals surface area (Å²) in [4.78, 5) is 2.44. The van der Waals surface area contributed by atoms with Gasteiger partial charge in [-0.2, -0.15) is 0 Å². The van der Waals surface area contributed by atoms with E-state index in [2.05, 4.69) is 90.7 Å². The molecule has 3 nitrogen and oxygen atoms in total. The van der Waals surface area contributed by atoms with E-state index in [-0.39, 0.29) is 24.6 Å². The summed E-state index contributed by atoms with van der Waals surface area (Å²) >= 11 is 0. The summed E-state index contributed by atoms with van der Waals surface area (Å²) < 4.78 is 11.7. The molecule has 1 heterocycles. The number of piperidine rings is 1. The Morgan fingerprint density at radius 3 is 1.94 bits per heavy atom. The normalized spacial score (nSPS) is 15.7. The van der Waals surface area contributed by atoms with Crippen LogP contribution in [0.25, 0.3) is 10.8 Å². The lowest BCUT2D eigenvalue weighted by atomic mass is 9.83. The van der Waals surface area contributed by atoms with Gasteiger partial charge >= 0.3 is 0 Å². The average molecular weight is 488 g/mol. The molecule has 0 bridgehead atoms. The van der Waals surface area contributed by atoms with E-state index >= 15 is 0 Å². The van der Waals surface area contributed by atoms with Crippen molar-refractivity contribution in [2.45, 2.75) is 38.3 Å². The van der Waals surface area contributed by atoms with Crippen molar-refractivity contribution in [3.8, 4) is 11.5 Å². The molecule has 0 radical (unpaired) electrons. The van der Waals surface area contributed by atoms with Gasteiger partial charge in [-0.15, -0.1) is 12.4 Å². The number of rotatable bonds is 7. The van der Waals surface area contributed by atoms with Crippen molar-refractivity contribution in [3.05, 3.63) is 108 Å². The van der Waals surface area contributed by atoms with Crippen LogP contribution in [0.5, 0.6) is 11.5 Å². The molecular formula is C31H34ClNO2. The molecule has 182 valence electrons. The molecule has 0 N–H and O–H groups in total. The van der Waals surface area contributed by atoms with Crippen LogP contribution in [0, 0.1) is 0 Å². The molecule has 35 heavy (non-hydrogen) atoms. The first-order valence-corrected chi connectivity index (χ1v) is 12.4. The number of fused-ring (bicyclic) bond motifs is 1. The van der Waals surface area contributed by atoms with Crippen molar-refractivity contribution < 1.29 is 9.47 Å². The molecule has 1 fully saturated rings. The lowest BCUT2D eigenvalue weighted by Gasteiger charge is -2.32. The van der Waals surface area contributed by atoms with Crippen LogP contribution in [0.4, 0.5) is 0 Å². The fourth-order valence-corrected chi connectivity index (χ4v) is 5.14. The van der Waals surface area contributed by atoms with Gasteiger partial charge in [0.05, 0.1) is 7.11 Å². The number of methoxy groups -OCH3 is 1. The van der Waals surface area contributed by atoms with Gasteiger partial charge in [0.25, 0.3) is 0 Å². The second-order valence-corrected chi connectivity index (χ2v) is 9.16. The number of benzene rings is 4. The predicted molar refractivity (Wildman–Crippen MR) is 147 cm³/mol. The Labute approximate surface area is 215 Å². The molecule has 1 aliphatic rings. The Balaban J connectivity index is 0.00000289. The van der Waals surface area contributed by atoms with Gasteiger partial charge in [-0.05, 0) is 71.5 Å². The third kappa shape index (κ3) is 5.63. The summed E-state index contributed by atoms with van der Waals surface area (Å²) in [6.07, 6.45) is 3.96. The van der Waals surface area contributed by atoms with E-state index in [1.165, 1.54) is 46.7 Å². The lowest BCUT2D eigenvalue weighted by molar-refractivity contribution is 0.0262. The average Bonchev–Trinajstić information content (AvgIpc) is 2.91. The summed E-state index contributed by atoms with van der Waals surface area (Å²) in [5, 5.41) is 2.54. The van der Waals surface area contributed by atoms with Crippen LogP contribution in [0.1, 0.15) is 48.8 Å². The SMILES string of the molecule is COc1ccc(C(c2ccc(OC(C)N3CCCCC3)cc2)c2cccc3ccccc23)cc1.Cl. The zero-order chi connectivity index (χ0) is 23.3. The van der Waals surface area contributed by atoms with Gasteiger partial charge in [-0.3, -0.25) is 4.90 Å². The van der Waals surface area contributed by atoms with E-state index in [1.807, 2.05) is 12.1 Å². The van der Waals surface area contributed by atoms with Crippen molar-refractivity contribution in [2.24, 2.45) is 0 Å². The standard InChI is InChI=1S/C31H33NO2.ClH/c1-23(32-21-6-3-7-22-32)34-28-19-15-26(16-20-28)31(25-13-17-27(33-2)18-14-25)30-12-8-10-24-9-4-5-11-29(24)30;/h4-5,8-20,23,31H,3,6-7,21-22H2,1-2H3;1H. The van der Waals surface area contributed by atoms with Crippen molar-refractivity contribution in [1.82, 2.24) is 4.90 Å². The van der Waals surface area contributed by atoms with Crippen LogP contribution >= 0.6 is 12.4 Å². The maximum absolute atomic E-state index is 6.31. The number of halogens is 1. The molecule has 0 aromatic heterocycles. The fourth-order valence-electron chi connectivity index (χ4n) is 5.14. The molecule has 5 rings (SSSR count). The molecule has 4 aromatic rings. The Kier molecular flexibility index (Phi) is 8.33. The smallest absolute Gasteiger partial charge is 0.149 e. The van der Waals surface area contributed by atoms with E-state index < -0.39 is 0 Å². The van der Waals surface area contributed by atoms with Crippen LogP contribution in [-0.4, -0.2) is 31.3 Å². The quantitative estimate of drug-likeness (QED) is 0.250. The van der Waals surface area contributed by atoms with Gasteiger partial charge in [0.1, 0.15) is 17.7 Å². The van der Waals surface area contributed by atoms with Crippen LogP contribution in [0.2, 0.25) is 0 Å². The molecule has 4 heteroatoms. The summed E-state index contributed by atoms with van der Waals surface area (Å²) in [5.74, 6) is 1.91. The maximum atomic E-state index is 6.31. The minimum Gasteiger partial charge on any atom is -0.497 e. The minimum absolute atomic E-state index is 0. The lowest BCUT2D eigenvalue weighted by Crippen LogP contribution is -2.40. The van der Waals surface area contributed by atoms with Gasteiger partial charge in [0, 0.05) is 19.0 Å². The molecule has 1 saturated heterocycles. The van der Waals surface area contributed by atoms with Crippen LogP contribution in [-0.2, 0) is 0 Å². The number of likely N-dealkylation sites (tertiary alicyclic amines) is 1. The first kappa shape index (κ1) is 25.1. The van der Waals surface area contributed by atoms with Crippen molar-refractivity contribution in [3.63, 3.8) is 0 Å². The van der Waals surface area contributed by atoms with Crippen molar-refractivity contribution in [2.75, 3.05) is 20.2 Å². The highest BCUT2D eigenvalue weighted by Gasteiger charge is 2.21. The predicted octanol–water partition coefficient (Wildman–Crippen LogP) is 7.66. The summed E-state index contributed by atoms with van der Waals surface area (Å²) in [5.41, 5.74) is 3.80. The fraction of sp³-hybridized carbons (Fsp3) is 0.290.